The van der Waals surface area contributed by atoms with Crippen LogP contribution in [-0.2, 0) is 0 Å². The van der Waals surface area contributed by atoms with Crippen LogP contribution in [0, 0.1) is 40.4 Å². The van der Waals surface area contributed by atoms with Gasteiger partial charge in [0.2, 0.25) is 0 Å². The van der Waals surface area contributed by atoms with Crippen LogP contribution in [0.15, 0.2) is 0 Å². The van der Waals surface area contributed by atoms with Gasteiger partial charge in [0.15, 0.2) is 0 Å². The van der Waals surface area contributed by atoms with Crippen molar-refractivity contribution >= 4 is 0 Å². The fourth-order valence-corrected chi connectivity index (χ4v) is 5.42. The van der Waals surface area contributed by atoms with E-state index in [0.717, 1.165) is 23.7 Å². The summed E-state index contributed by atoms with van der Waals surface area (Å²) in [6.45, 7) is 2.29. The van der Waals surface area contributed by atoms with Crippen LogP contribution in [0.3, 0.4) is 0 Å². The van der Waals surface area contributed by atoms with Gasteiger partial charge in [0.25, 0.3) is 0 Å². The number of fused-ring (bicyclic) bond motifs is 2. The van der Waals surface area contributed by atoms with Crippen molar-refractivity contribution in [2.24, 2.45) is 29.1 Å². The Hall–Kier alpha value is -0.510. The average Bonchev–Trinajstić information content (AvgIpc) is 3.04. The first-order valence-corrected chi connectivity index (χ1v) is 8.66. The molecule has 19 heavy (non-hydrogen) atoms. The molecule has 0 saturated heterocycles. The number of rotatable bonds is 4. The van der Waals surface area contributed by atoms with Gasteiger partial charge >= 0.3 is 0 Å². The van der Waals surface area contributed by atoms with Crippen molar-refractivity contribution in [3.8, 4) is 6.07 Å². The molecule has 0 radical (unpaired) electrons. The fourth-order valence-electron chi connectivity index (χ4n) is 5.42. The monoisotopic (exact) mass is 259 g/mol. The minimum absolute atomic E-state index is 0.0688. The molecular formula is C18H29N. The highest BCUT2D eigenvalue weighted by molar-refractivity contribution is 5.05. The van der Waals surface area contributed by atoms with Crippen molar-refractivity contribution in [1.29, 1.82) is 5.26 Å². The maximum absolute atomic E-state index is 9.74. The van der Waals surface area contributed by atoms with Gasteiger partial charge in [0.05, 0.1) is 11.5 Å². The molecule has 3 atom stereocenters. The quantitative estimate of drug-likeness (QED) is 0.671. The van der Waals surface area contributed by atoms with Crippen LogP contribution in [-0.4, -0.2) is 0 Å². The van der Waals surface area contributed by atoms with Gasteiger partial charge in [0, 0.05) is 0 Å². The Kier molecular flexibility index (Phi) is 3.88. The topological polar surface area (TPSA) is 23.8 Å². The molecule has 106 valence electrons. The minimum atomic E-state index is 0.0688. The van der Waals surface area contributed by atoms with Crippen molar-refractivity contribution in [3.05, 3.63) is 0 Å². The van der Waals surface area contributed by atoms with E-state index in [-0.39, 0.29) is 5.41 Å². The summed E-state index contributed by atoms with van der Waals surface area (Å²) in [7, 11) is 0. The molecule has 0 heterocycles. The molecule has 0 spiro atoms. The second-order valence-corrected chi connectivity index (χ2v) is 7.76. The standard InChI is InChI=1S/C18H29N/c1-2-3-14-6-8-18(13-19,9-7-14)12-17-11-15-4-5-16(17)10-15/h14-17H,2-12H2,1H3. The van der Waals surface area contributed by atoms with Crippen LogP contribution in [0.1, 0.15) is 77.6 Å². The van der Waals surface area contributed by atoms with E-state index >= 15 is 0 Å². The lowest BCUT2D eigenvalue weighted by molar-refractivity contribution is 0.143. The molecule has 0 aromatic rings. The summed E-state index contributed by atoms with van der Waals surface area (Å²) in [5, 5.41) is 9.74. The zero-order valence-electron chi connectivity index (χ0n) is 12.5. The molecule has 1 heteroatoms. The molecule has 0 amide bonds. The third-order valence-electron chi connectivity index (χ3n) is 6.53. The van der Waals surface area contributed by atoms with Crippen molar-refractivity contribution in [2.45, 2.75) is 77.6 Å². The smallest absolute Gasteiger partial charge is 0.0689 e. The fraction of sp³-hybridized carbons (Fsp3) is 0.944. The number of hydrogen-bond donors (Lipinski definition) is 0. The van der Waals surface area contributed by atoms with Gasteiger partial charge in [-0.3, -0.25) is 0 Å². The zero-order valence-corrected chi connectivity index (χ0v) is 12.5. The molecule has 0 aliphatic heterocycles. The maximum Gasteiger partial charge on any atom is 0.0689 e. The van der Waals surface area contributed by atoms with Gasteiger partial charge in [-0.2, -0.15) is 5.26 Å². The van der Waals surface area contributed by atoms with Crippen LogP contribution in [0.5, 0.6) is 0 Å². The predicted octanol–water partition coefficient (Wildman–Crippen LogP) is 5.31. The van der Waals surface area contributed by atoms with Gasteiger partial charge in [-0.05, 0) is 75.0 Å². The van der Waals surface area contributed by atoms with E-state index in [4.69, 9.17) is 0 Å². The zero-order chi connectivity index (χ0) is 13.3. The van der Waals surface area contributed by atoms with E-state index in [1.54, 1.807) is 0 Å². The average molecular weight is 259 g/mol. The summed E-state index contributed by atoms with van der Waals surface area (Å²) in [6.07, 6.45) is 14.9. The Morgan fingerprint density at radius 2 is 1.89 bits per heavy atom. The Bertz CT molecular complexity index is 345. The van der Waals surface area contributed by atoms with Crippen molar-refractivity contribution < 1.29 is 0 Å². The summed E-state index contributed by atoms with van der Waals surface area (Å²) in [6, 6.07) is 2.77. The van der Waals surface area contributed by atoms with Crippen molar-refractivity contribution in [3.63, 3.8) is 0 Å². The molecule has 0 aromatic heterocycles. The third-order valence-corrected chi connectivity index (χ3v) is 6.53. The number of nitrogens with zero attached hydrogens (tertiary/aromatic N) is 1. The van der Waals surface area contributed by atoms with E-state index in [0.29, 0.717) is 0 Å². The second kappa shape index (κ2) is 5.47. The Balaban J connectivity index is 1.57. The molecular weight excluding hydrogens is 230 g/mol. The van der Waals surface area contributed by atoms with Crippen LogP contribution >= 0.6 is 0 Å². The van der Waals surface area contributed by atoms with E-state index < -0.39 is 0 Å². The molecule has 1 nitrogen and oxygen atoms in total. The lowest BCUT2D eigenvalue weighted by Crippen LogP contribution is -2.30. The van der Waals surface area contributed by atoms with E-state index in [1.807, 2.05) is 0 Å². The minimum Gasteiger partial charge on any atom is -0.198 e. The molecule has 0 N–H and O–H groups in total. The van der Waals surface area contributed by atoms with Crippen LogP contribution in [0.25, 0.3) is 0 Å². The summed E-state index contributed by atoms with van der Waals surface area (Å²) < 4.78 is 0. The molecule has 3 fully saturated rings. The molecule has 0 aromatic carbocycles. The Morgan fingerprint density at radius 3 is 2.42 bits per heavy atom. The predicted molar refractivity (Wildman–Crippen MR) is 78.5 cm³/mol. The van der Waals surface area contributed by atoms with Crippen LogP contribution in [0.4, 0.5) is 0 Å². The summed E-state index contributed by atoms with van der Waals surface area (Å²) in [4.78, 5) is 0. The first-order valence-electron chi connectivity index (χ1n) is 8.66. The first kappa shape index (κ1) is 13.5. The lowest BCUT2D eigenvalue weighted by atomic mass is 9.65. The maximum atomic E-state index is 9.74. The second-order valence-electron chi connectivity index (χ2n) is 7.76. The Labute approximate surface area is 118 Å². The highest BCUT2D eigenvalue weighted by Gasteiger charge is 2.45. The summed E-state index contributed by atoms with van der Waals surface area (Å²) in [5.41, 5.74) is 0.0688. The summed E-state index contributed by atoms with van der Waals surface area (Å²) >= 11 is 0. The van der Waals surface area contributed by atoms with E-state index in [2.05, 4.69) is 13.0 Å². The lowest BCUT2D eigenvalue weighted by Gasteiger charge is -2.38. The molecule has 2 bridgehead atoms. The van der Waals surface area contributed by atoms with Gasteiger partial charge in [-0.15, -0.1) is 0 Å². The van der Waals surface area contributed by atoms with Gasteiger partial charge < -0.3 is 0 Å². The number of nitriles is 1. The van der Waals surface area contributed by atoms with Gasteiger partial charge in [-0.1, -0.05) is 26.2 Å². The highest BCUT2D eigenvalue weighted by atomic mass is 14.5. The molecule has 3 aliphatic carbocycles. The first-order chi connectivity index (χ1) is 9.24. The molecule has 3 saturated carbocycles. The van der Waals surface area contributed by atoms with Crippen molar-refractivity contribution in [1.82, 2.24) is 0 Å². The van der Waals surface area contributed by atoms with Crippen molar-refractivity contribution in [2.75, 3.05) is 0 Å². The SMILES string of the molecule is CCCC1CCC(C#N)(CC2CC3CCC2C3)CC1. The highest BCUT2D eigenvalue weighted by Crippen LogP contribution is 2.54. The van der Waals surface area contributed by atoms with E-state index in [9.17, 15) is 5.26 Å². The molecule has 3 unspecified atom stereocenters. The van der Waals surface area contributed by atoms with Gasteiger partial charge in [-0.25, -0.2) is 0 Å². The molecule has 3 aliphatic rings. The van der Waals surface area contributed by atoms with Crippen LogP contribution in [0.2, 0.25) is 0 Å². The Morgan fingerprint density at radius 1 is 1.11 bits per heavy atom. The number of hydrogen-bond acceptors (Lipinski definition) is 1. The normalized spacial score (nSPS) is 45.3. The van der Waals surface area contributed by atoms with Crippen LogP contribution < -0.4 is 0 Å². The molecule has 3 rings (SSSR count). The third kappa shape index (κ3) is 2.69. The van der Waals surface area contributed by atoms with Gasteiger partial charge in [0.1, 0.15) is 0 Å². The summed E-state index contributed by atoms with van der Waals surface area (Å²) in [5.74, 6) is 3.85. The van der Waals surface area contributed by atoms with E-state index in [1.165, 1.54) is 70.6 Å². The largest absolute Gasteiger partial charge is 0.198 e.